The summed E-state index contributed by atoms with van der Waals surface area (Å²) < 4.78 is 19.2. The first-order valence-electron chi connectivity index (χ1n) is 8.40. The van der Waals surface area contributed by atoms with Crippen molar-refractivity contribution < 1.29 is 18.7 Å². The minimum Gasteiger partial charge on any atom is -0.444 e. The largest absolute Gasteiger partial charge is 0.444 e. The number of nitrogens with one attached hydrogen (secondary N) is 1. The number of carbonyl (C=O) groups excluding carboxylic acids is 2. The molecule has 2 aromatic rings. The second-order valence-electron chi connectivity index (χ2n) is 6.96. The van der Waals surface area contributed by atoms with E-state index in [2.05, 4.69) is 10.3 Å². The van der Waals surface area contributed by atoms with Gasteiger partial charge in [0, 0.05) is 18.3 Å². The fraction of sp³-hybridized carbons (Fsp3) is 0.350. The molecule has 0 saturated carbocycles. The van der Waals surface area contributed by atoms with Crippen LogP contribution in [0.5, 0.6) is 0 Å². The number of carbonyl (C=O) groups is 2. The van der Waals surface area contributed by atoms with Crippen molar-refractivity contribution in [2.24, 2.45) is 0 Å². The summed E-state index contributed by atoms with van der Waals surface area (Å²) in [6.45, 7) is 5.19. The summed E-state index contributed by atoms with van der Waals surface area (Å²) in [7, 11) is 0. The van der Waals surface area contributed by atoms with Crippen LogP contribution in [0.1, 0.15) is 32.0 Å². The molecule has 138 valence electrons. The fourth-order valence-electron chi connectivity index (χ4n) is 2.38. The predicted molar refractivity (Wildman–Crippen MR) is 96.2 cm³/mol. The van der Waals surface area contributed by atoms with Gasteiger partial charge in [0.25, 0.3) is 0 Å². The smallest absolute Gasteiger partial charge is 0.408 e. The summed E-state index contributed by atoms with van der Waals surface area (Å²) in [4.78, 5) is 28.9. The van der Waals surface area contributed by atoms with E-state index in [1.165, 1.54) is 6.07 Å². The Kier molecular flexibility index (Phi) is 6.44. The molecule has 0 aliphatic carbocycles. The Morgan fingerprint density at radius 1 is 1.15 bits per heavy atom. The molecule has 1 atom stereocenters. The van der Waals surface area contributed by atoms with Crippen molar-refractivity contribution in [2.75, 3.05) is 0 Å². The summed E-state index contributed by atoms with van der Waals surface area (Å²) in [5, 5.41) is 2.56. The van der Waals surface area contributed by atoms with Gasteiger partial charge in [-0.1, -0.05) is 24.3 Å². The molecule has 26 heavy (non-hydrogen) atoms. The molecule has 0 unspecified atom stereocenters. The first-order chi connectivity index (χ1) is 12.2. The van der Waals surface area contributed by atoms with Crippen LogP contribution < -0.4 is 5.32 Å². The zero-order valence-electron chi connectivity index (χ0n) is 15.2. The highest BCUT2D eigenvalue weighted by molar-refractivity contribution is 5.89. The highest BCUT2D eigenvalue weighted by atomic mass is 19.1. The molecule has 2 rings (SSSR count). The zero-order chi connectivity index (χ0) is 19.2. The van der Waals surface area contributed by atoms with Crippen molar-refractivity contribution in [1.29, 1.82) is 0 Å². The van der Waals surface area contributed by atoms with Crippen LogP contribution >= 0.6 is 0 Å². The van der Waals surface area contributed by atoms with Gasteiger partial charge in [0.05, 0.1) is 12.5 Å². The Labute approximate surface area is 152 Å². The molecule has 1 amide bonds. The monoisotopic (exact) mass is 358 g/mol. The van der Waals surface area contributed by atoms with Crippen molar-refractivity contribution in [1.82, 2.24) is 10.3 Å². The minimum absolute atomic E-state index is 0.0375. The molecule has 0 radical (unpaired) electrons. The van der Waals surface area contributed by atoms with E-state index in [-0.39, 0.29) is 18.6 Å². The van der Waals surface area contributed by atoms with Gasteiger partial charge in [0.15, 0.2) is 5.78 Å². The van der Waals surface area contributed by atoms with Crippen LogP contribution in [0.3, 0.4) is 0 Å². The normalized spacial score (nSPS) is 12.3. The number of aromatic nitrogens is 1. The summed E-state index contributed by atoms with van der Waals surface area (Å²) in [5.74, 6) is -0.688. The third-order valence-corrected chi connectivity index (χ3v) is 3.54. The van der Waals surface area contributed by atoms with Crippen molar-refractivity contribution in [2.45, 2.75) is 45.3 Å². The van der Waals surface area contributed by atoms with E-state index in [1.807, 2.05) is 0 Å². The predicted octanol–water partition coefficient (Wildman–Crippen LogP) is 3.47. The van der Waals surface area contributed by atoms with Crippen LogP contribution in [-0.2, 0) is 22.4 Å². The topological polar surface area (TPSA) is 68.3 Å². The molecule has 5 nitrogen and oxygen atoms in total. The number of ether oxygens (including phenoxy) is 1. The molecule has 0 aliphatic heterocycles. The Morgan fingerprint density at radius 2 is 1.85 bits per heavy atom. The molecular weight excluding hydrogens is 335 g/mol. The van der Waals surface area contributed by atoms with E-state index in [9.17, 15) is 14.0 Å². The van der Waals surface area contributed by atoms with E-state index >= 15 is 0 Å². The first kappa shape index (κ1) is 19.6. The van der Waals surface area contributed by atoms with E-state index in [0.29, 0.717) is 11.3 Å². The van der Waals surface area contributed by atoms with Crippen LogP contribution in [0.25, 0.3) is 0 Å². The van der Waals surface area contributed by atoms with E-state index in [4.69, 9.17) is 4.74 Å². The Hall–Kier alpha value is -2.76. The summed E-state index contributed by atoms with van der Waals surface area (Å²) in [6.07, 6.45) is 0.955. The SMILES string of the molecule is CC(C)(C)OC(=O)N[C@H](Cc1ccccc1F)C(=O)Cc1ccccn1. The van der Waals surface area contributed by atoms with Crippen molar-refractivity contribution >= 4 is 11.9 Å². The number of Topliss-reactive ketones (excluding diaryl/α,β-unsaturated/α-hetero) is 1. The van der Waals surface area contributed by atoms with Gasteiger partial charge in [-0.15, -0.1) is 0 Å². The second-order valence-corrected chi connectivity index (χ2v) is 6.96. The Bertz CT molecular complexity index is 757. The average Bonchev–Trinajstić information content (AvgIpc) is 2.55. The van der Waals surface area contributed by atoms with Crippen LogP contribution in [0.4, 0.5) is 9.18 Å². The second kappa shape index (κ2) is 8.56. The standard InChI is InChI=1S/C20H23FN2O3/c1-20(2,3)26-19(25)23-17(12-14-8-4-5-10-16(14)21)18(24)13-15-9-6-7-11-22-15/h4-11,17H,12-13H2,1-3H3,(H,23,25)/t17-/m1/s1. The molecule has 0 spiro atoms. The number of ketones is 1. The fourth-order valence-corrected chi connectivity index (χ4v) is 2.38. The molecule has 1 aromatic carbocycles. The number of pyridine rings is 1. The third kappa shape index (κ3) is 6.27. The number of amides is 1. The maximum atomic E-state index is 14.0. The molecule has 0 fully saturated rings. The van der Waals surface area contributed by atoms with Gasteiger partial charge in [-0.25, -0.2) is 9.18 Å². The summed E-state index contributed by atoms with van der Waals surface area (Å²) in [6, 6.07) is 10.5. The maximum Gasteiger partial charge on any atom is 0.408 e. The lowest BCUT2D eigenvalue weighted by Gasteiger charge is -2.23. The van der Waals surface area contributed by atoms with Crippen molar-refractivity contribution in [3.8, 4) is 0 Å². The molecule has 0 aliphatic rings. The van der Waals surface area contributed by atoms with Crippen LogP contribution in [0.15, 0.2) is 48.7 Å². The van der Waals surface area contributed by atoms with Gasteiger partial charge in [-0.05, 0) is 44.5 Å². The first-order valence-corrected chi connectivity index (χ1v) is 8.40. The number of halogens is 1. The number of benzene rings is 1. The molecule has 1 N–H and O–H groups in total. The lowest BCUT2D eigenvalue weighted by molar-refractivity contribution is -0.120. The number of rotatable bonds is 6. The van der Waals surface area contributed by atoms with E-state index in [1.54, 1.807) is 63.4 Å². The van der Waals surface area contributed by atoms with Gasteiger partial charge in [0.2, 0.25) is 0 Å². The van der Waals surface area contributed by atoms with Gasteiger partial charge in [0.1, 0.15) is 11.4 Å². The van der Waals surface area contributed by atoms with Crippen molar-refractivity contribution in [3.05, 3.63) is 65.7 Å². The molecule has 0 bridgehead atoms. The van der Waals surface area contributed by atoms with Gasteiger partial charge >= 0.3 is 6.09 Å². The number of alkyl carbamates (subject to hydrolysis) is 1. The molecular formula is C20H23FN2O3. The minimum atomic E-state index is -0.913. The lowest BCUT2D eigenvalue weighted by Crippen LogP contribution is -2.45. The highest BCUT2D eigenvalue weighted by Crippen LogP contribution is 2.13. The van der Waals surface area contributed by atoms with Gasteiger partial charge < -0.3 is 10.1 Å². The zero-order valence-corrected chi connectivity index (χ0v) is 15.2. The van der Waals surface area contributed by atoms with Crippen molar-refractivity contribution in [3.63, 3.8) is 0 Å². The Morgan fingerprint density at radius 3 is 2.46 bits per heavy atom. The molecule has 1 aromatic heterocycles. The van der Waals surface area contributed by atoms with Crippen LogP contribution in [0, 0.1) is 5.82 Å². The van der Waals surface area contributed by atoms with Crippen LogP contribution in [0.2, 0.25) is 0 Å². The van der Waals surface area contributed by atoms with Gasteiger partial charge in [-0.3, -0.25) is 9.78 Å². The van der Waals surface area contributed by atoms with E-state index < -0.39 is 23.6 Å². The quantitative estimate of drug-likeness (QED) is 0.858. The average molecular weight is 358 g/mol. The maximum absolute atomic E-state index is 14.0. The summed E-state index contributed by atoms with van der Waals surface area (Å²) in [5.41, 5.74) is 0.237. The van der Waals surface area contributed by atoms with Crippen LogP contribution in [-0.4, -0.2) is 28.5 Å². The molecule has 6 heteroatoms. The number of hydrogen-bond donors (Lipinski definition) is 1. The summed E-state index contributed by atoms with van der Waals surface area (Å²) >= 11 is 0. The highest BCUT2D eigenvalue weighted by Gasteiger charge is 2.25. The molecule has 1 heterocycles. The number of hydrogen-bond acceptors (Lipinski definition) is 4. The lowest BCUT2D eigenvalue weighted by atomic mass is 9.99. The number of nitrogens with zero attached hydrogens (tertiary/aromatic N) is 1. The third-order valence-electron chi connectivity index (χ3n) is 3.54. The van der Waals surface area contributed by atoms with E-state index in [0.717, 1.165) is 0 Å². The van der Waals surface area contributed by atoms with Gasteiger partial charge in [-0.2, -0.15) is 0 Å². The Balaban J connectivity index is 2.16. The molecule has 0 saturated heterocycles.